The number of aliphatic imine (C=N–C) groups is 1. The molecule has 0 aromatic carbocycles. The van der Waals surface area contributed by atoms with Crippen LogP contribution < -0.4 is 10.6 Å². The third kappa shape index (κ3) is 5.99. The van der Waals surface area contributed by atoms with Crippen molar-refractivity contribution in [3.8, 4) is 0 Å². The molecule has 0 aliphatic carbocycles. The van der Waals surface area contributed by atoms with Crippen LogP contribution in [0.3, 0.4) is 0 Å². The Labute approximate surface area is 131 Å². The fraction of sp³-hybridized carbons (Fsp3) is 0.667. The Hall–Kier alpha value is -0.370. The largest absolute Gasteiger partial charge is 0.356 e. The van der Waals surface area contributed by atoms with Gasteiger partial charge in [0.25, 0.3) is 0 Å². The molecule has 0 atom stereocenters. The molecule has 18 heavy (non-hydrogen) atoms. The van der Waals surface area contributed by atoms with Crippen LogP contribution in [0, 0.1) is 13.8 Å². The van der Waals surface area contributed by atoms with Crippen LogP contribution in [0.5, 0.6) is 0 Å². The van der Waals surface area contributed by atoms with Gasteiger partial charge in [0.1, 0.15) is 5.01 Å². The Balaban J connectivity index is 0.00000289. The number of hydrogen-bond donors (Lipinski definition) is 2. The van der Waals surface area contributed by atoms with E-state index >= 15 is 0 Å². The van der Waals surface area contributed by atoms with E-state index in [1.165, 1.54) is 11.3 Å². The Morgan fingerprint density at radius 1 is 1.33 bits per heavy atom. The number of aryl methyl sites for hydroxylation is 2. The van der Waals surface area contributed by atoms with Crippen molar-refractivity contribution in [2.45, 2.75) is 40.2 Å². The first kappa shape index (κ1) is 17.6. The van der Waals surface area contributed by atoms with Crippen molar-refractivity contribution in [1.82, 2.24) is 15.6 Å². The lowest BCUT2D eigenvalue weighted by atomic mass is 10.3. The fourth-order valence-corrected chi connectivity index (χ4v) is 2.25. The summed E-state index contributed by atoms with van der Waals surface area (Å²) in [5.74, 6) is 0.851. The van der Waals surface area contributed by atoms with Gasteiger partial charge < -0.3 is 10.6 Å². The SMILES string of the molecule is CCCCNC(=NC)NCc1nc(C)c(C)s1.I. The second kappa shape index (κ2) is 9.55. The van der Waals surface area contributed by atoms with E-state index in [1.54, 1.807) is 18.4 Å². The number of guanidine groups is 1. The van der Waals surface area contributed by atoms with Crippen LogP contribution in [0.25, 0.3) is 0 Å². The molecule has 4 nitrogen and oxygen atoms in total. The molecule has 0 aliphatic rings. The van der Waals surface area contributed by atoms with E-state index in [4.69, 9.17) is 0 Å². The van der Waals surface area contributed by atoms with Gasteiger partial charge in [0.05, 0.1) is 12.2 Å². The molecule has 0 aliphatic heterocycles. The summed E-state index contributed by atoms with van der Waals surface area (Å²) in [6, 6.07) is 0. The van der Waals surface area contributed by atoms with Crippen LogP contribution in [0.2, 0.25) is 0 Å². The van der Waals surface area contributed by atoms with Crippen LogP contribution in [0.15, 0.2) is 4.99 Å². The molecule has 0 saturated heterocycles. The number of rotatable bonds is 5. The molecule has 2 N–H and O–H groups in total. The van der Waals surface area contributed by atoms with Gasteiger partial charge in [-0.2, -0.15) is 0 Å². The molecule has 6 heteroatoms. The zero-order valence-corrected chi connectivity index (χ0v) is 14.7. The van der Waals surface area contributed by atoms with E-state index in [-0.39, 0.29) is 24.0 Å². The molecule has 0 saturated carbocycles. The average molecular weight is 382 g/mol. The summed E-state index contributed by atoms with van der Waals surface area (Å²) in [7, 11) is 1.79. The molecule has 0 unspecified atom stereocenters. The van der Waals surface area contributed by atoms with E-state index in [9.17, 15) is 0 Å². The highest BCUT2D eigenvalue weighted by Gasteiger charge is 2.04. The molecular formula is C12H23IN4S. The third-order valence-corrected chi connectivity index (χ3v) is 3.60. The van der Waals surface area contributed by atoms with Crippen LogP contribution >= 0.6 is 35.3 Å². The summed E-state index contributed by atoms with van der Waals surface area (Å²) in [5, 5.41) is 7.66. The summed E-state index contributed by atoms with van der Waals surface area (Å²) in [6.07, 6.45) is 2.35. The summed E-state index contributed by atoms with van der Waals surface area (Å²) in [4.78, 5) is 9.95. The first-order valence-electron chi connectivity index (χ1n) is 6.04. The van der Waals surface area contributed by atoms with Gasteiger partial charge in [-0.25, -0.2) is 4.98 Å². The number of thiazole rings is 1. The zero-order chi connectivity index (χ0) is 12.7. The Morgan fingerprint density at radius 2 is 2.06 bits per heavy atom. The molecule has 0 spiro atoms. The molecule has 104 valence electrons. The van der Waals surface area contributed by atoms with Crippen LogP contribution in [-0.4, -0.2) is 24.5 Å². The quantitative estimate of drug-likeness (QED) is 0.356. The predicted octanol–water partition coefficient (Wildman–Crippen LogP) is 2.84. The molecule has 0 fully saturated rings. The Kier molecular flexibility index (Phi) is 9.35. The normalized spacial score (nSPS) is 11.0. The van der Waals surface area contributed by atoms with Gasteiger partial charge in [-0.05, 0) is 20.3 Å². The minimum atomic E-state index is 0. The van der Waals surface area contributed by atoms with E-state index < -0.39 is 0 Å². The van der Waals surface area contributed by atoms with Crippen LogP contribution in [0.4, 0.5) is 0 Å². The van der Waals surface area contributed by atoms with Gasteiger partial charge in [-0.1, -0.05) is 13.3 Å². The fourth-order valence-electron chi connectivity index (χ4n) is 1.38. The van der Waals surface area contributed by atoms with Gasteiger partial charge in [-0.15, -0.1) is 35.3 Å². The minimum absolute atomic E-state index is 0. The van der Waals surface area contributed by atoms with Crippen molar-refractivity contribution >= 4 is 41.3 Å². The molecule has 0 bridgehead atoms. The first-order valence-corrected chi connectivity index (χ1v) is 6.86. The van der Waals surface area contributed by atoms with Crippen molar-refractivity contribution in [2.75, 3.05) is 13.6 Å². The number of unbranched alkanes of at least 4 members (excludes halogenated alkanes) is 1. The number of halogens is 1. The first-order chi connectivity index (χ1) is 8.17. The third-order valence-electron chi connectivity index (χ3n) is 2.53. The molecule has 0 radical (unpaired) electrons. The molecule has 1 heterocycles. The zero-order valence-electron chi connectivity index (χ0n) is 11.5. The maximum Gasteiger partial charge on any atom is 0.191 e. The molecule has 1 aromatic heterocycles. The Bertz CT molecular complexity index is 357. The standard InChI is InChI=1S/C12H22N4S.HI/c1-5-6-7-14-12(13-4)15-8-11-16-9(2)10(3)17-11;/h5-8H2,1-4H3,(H2,13,14,15);1H. The highest BCUT2D eigenvalue weighted by Crippen LogP contribution is 2.15. The van der Waals surface area contributed by atoms with Gasteiger partial charge in [-0.3, -0.25) is 4.99 Å². The topological polar surface area (TPSA) is 49.3 Å². The van der Waals surface area contributed by atoms with E-state index in [2.05, 4.69) is 34.5 Å². The monoisotopic (exact) mass is 382 g/mol. The summed E-state index contributed by atoms with van der Waals surface area (Å²) in [5.41, 5.74) is 1.13. The smallest absolute Gasteiger partial charge is 0.191 e. The van der Waals surface area contributed by atoms with Gasteiger partial charge in [0.2, 0.25) is 0 Å². The van der Waals surface area contributed by atoms with E-state index in [0.717, 1.165) is 36.2 Å². The summed E-state index contributed by atoms with van der Waals surface area (Å²) in [6.45, 7) is 8.03. The highest BCUT2D eigenvalue weighted by molar-refractivity contribution is 14.0. The number of nitrogens with zero attached hydrogens (tertiary/aromatic N) is 2. The molecular weight excluding hydrogens is 359 g/mol. The predicted molar refractivity (Wildman–Crippen MR) is 90.1 cm³/mol. The van der Waals surface area contributed by atoms with Crippen molar-refractivity contribution < 1.29 is 0 Å². The lowest BCUT2D eigenvalue weighted by Gasteiger charge is -2.09. The number of nitrogens with one attached hydrogen (secondary N) is 2. The highest BCUT2D eigenvalue weighted by atomic mass is 127. The van der Waals surface area contributed by atoms with Crippen LogP contribution in [0.1, 0.15) is 35.3 Å². The second-order valence-electron chi connectivity index (χ2n) is 3.96. The van der Waals surface area contributed by atoms with Crippen molar-refractivity contribution in [3.05, 3.63) is 15.6 Å². The van der Waals surface area contributed by atoms with E-state index in [1.807, 2.05) is 6.92 Å². The lowest BCUT2D eigenvalue weighted by Crippen LogP contribution is -2.37. The minimum Gasteiger partial charge on any atom is -0.356 e. The van der Waals surface area contributed by atoms with Crippen molar-refractivity contribution in [2.24, 2.45) is 4.99 Å². The summed E-state index contributed by atoms with van der Waals surface area (Å²) >= 11 is 1.74. The van der Waals surface area contributed by atoms with Gasteiger partial charge in [0, 0.05) is 18.5 Å². The lowest BCUT2D eigenvalue weighted by molar-refractivity contribution is 0.728. The molecule has 1 rings (SSSR count). The second-order valence-corrected chi connectivity index (χ2v) is 5.24. The maximum atomic E-state index is 4.49. The summed E-state index contributed by atoms with van der Waals surface area (Å²) < 4.78 is 0. The Morgan fingerprint density at radius 3 is 2.56 bits per heavy atom. The van der Waals surface area contributed by atoms with Crippen LogP contribution in [-0.2, 0) is 6.54 Å². The number of aromatic nitrogens is 1. The molecule has 1 aromatic rings. The molecule has 0 amide bonds. The van der Waals surface area contributed by atoms with Gasteiger partial charge >= 0.3 is 0 Å². The van der Waals surface area contributed by atoms with Crippen molar-refractivity contribution in [1.29, 1.82) is 0 Å². The van der Waals surface area contributed by atoms with Crippen molar-refractivity contribution in [3.63, 3.8) is 0 Å². The number of hydrogen-bond acceptors (Lipinski definition) is 3. The van der Waals surface area contributed by atoms with Gasteiger partial charge in [0.15, 0.2) is 5.96 Å². The van der Waals surface area contributed by atoms with E-state index in [0.29, 0.717) is 0 Å². The maximum absolute atomic E-state index is 4.49. The average Bonchev–Trinajstić information content (AvgIpc) is 2.63.